The van der Waals surface area contributed by atoms with Gasteiger partial charge >= 0.3 is 0 Å². The number of nitrogens with zero attached hydrogens (tertiary/aromatic N) is 1. The van der Waals surface area contributed by atoms with Crippen molar-refractivity contribution >= 4 is 5.96 Å². The Hall–Kier alpha value is -1.77. The highest BCUT2D eigenvalue weighted by Gasteiger charge is 2.16. The maximum absolute atomic E-state index is 5.76. The summed E-state index contributed by atoms with van der Waals surface area (Å²) in [4.78, 5) is 4.28. The molecule has 3 N–H and O–H groups in total. The molecule has 0 unspecified atom stereocenters. The molecule has 1 fully saturated rings. The fraction of sp³-hybridized carbons (Fsp3) is 0.357. The van der Waals surface area contributed by atoms with Crippen LogP contribution in [0.15, 0.2) is 47.5 Å². The quantitative estimate of drug-likeness (QED) is 0.461. The van der Waals surface area contributed by atoms with Crippen molar-refractivity contribution in [3.8, 4) is 0 Å². The lowest BCUT2D eigenvalue weighted by Crippen LogP contribution is -2.31. The van der Waals surface area contributed by atoms with Crippen LogP contribution >= 0.6 is 0 Å². The van der Waals surface area contributed by atoms with Crippen LogP contribution in [0.1, 0.15) is 18.4 Å². The summed E-state index contributed by atoms with van der Waals surface area (Å²) in [6.07, 6.45) is 7.06. The molecule has 0 saturated heterocycles. The highest BCUT2D eigenvalue weighted by Crippen LogP contribution is 2.29. The molecule has 1 aromatic carbocycles. The van der Waals surface area contributed by atoms with E-state index in [-0.39, 0.29) is 0 Å². The SMILES string of the molecule is NC(=NCc1ccccc1)NC/C=C/C1CC1. The minimum absolute atomic E-state index is 0.509. The normalized spacial score (nSPS) is 16.4. The third-order valence-electron chi connectivity index (χ3n) is 2.71. The van der Waals surface area contributed by atoms with Gasteiger partial charge in [0.05, 0.1) is 6.54 Å². The lowest BCUT2D eigenvalue weighted by atomic mass is 10.2. The first-order valence-corrected chi connectivity index (χ1v) is 6.09. The molecule has 0 radical (unpaired) electrons. The zero-order valence-corrected chi connectivity index (χ0v) is 9.97. The Kier molecular flexibility index (Phi) is 4.19. The van der Waals surface area contributed by atoms with Gasteiger partial charge in [-0.25, -0.2) is 4.99 Å². The number of benzene rings is 1. The Labute approximate surface area is 102 Å². The molecule has 0 amide bonds. The van der Waals surface area contributed by atoms with Crippen molar-refractivity contribution in [1.29, 1.82) is 0 Å². The highest BCUT2D eigenvalue weighted by atomic mass is 15.1. The molecule has 0 bridgehead atoms. The van der Waals surface area contributed by atoms with E-state index in [0.717, 1.165) is 12.5 Å². The van der Waals surface area contributed by atoms with E-state index in [9.17, 15) is 0 Å². The Morgan fingerprint density at radius 3 is 2.82 bits per heavy atom. The largest absolute Gasteiger partial charge is 0.370 e. The summed E-state index contributed by atoms with van der Waals surface area (Å²) < 4.78 is 0. The summed E-state index contributed by atoms with van der Waals surface area (Å²) in [6.45, 7) is 1.40. The van der Waals surface area contributed by atoms with Crippen LogP contribution in [-0.2, 0) is 6.54 Å². The first kappa shape index (κ1) is 11.7. The molecule has 0 atom stereocenters. The second-order valence-electron chi connectivity index (χ2n) is 4.33. The average Bonchev–Trinajstić information content (AvgIpc) is 3.17. The zero-order chi connectivity index (χ0) is 11.9. The van der Waals surface area contributed by atoms with Crippen LogP contribution in [-0.4, -0.2) is 12.5 Å². The molecular weight excluding hydrogens is 210 g/mol. The topological polar surface area (TPSA) is 50.4 Å². The van der Waals surface area contributed by atoms with Crippen molar-refractivity contribution in [2.45, 2.75) is 19.4 Å². The van der Waals surface area contributed by atoms with E-state index in [1.54, 1.807) is 0 Å². The van der Waals surface area contributed by atoms with E-state index in [4.69, 9.17) is 5.73 Å². The molecule has 3 heteroatoms. The highest BCUT2D eigenvalue weighted by molar-refractivity contribution is 5.77. The fourth-order valence-corrected chi connectivity index (χ4v) is 1.53. The molecule has 0 heterocycles. The average molecular weight is 229 g/mol. The molecule has 90 valence electrons. The number of aliphatic imine (C=N–C) groups is 1. The summed E-state index contributed by atoms with van der Waals surface area (Å²) in [5, 5.41) is 3.08. The summed E-state index contributed by atoms with van der Waals surface area (Å²) in [6, 6.07) is 10.1. The van der Waals surface area contributed by atoms with Gasteiger partial charge in [0.2, 0.25) is 0 Å². The van der Waals surface area contributed by atoms with E-state index in [1.807, 2.05) is 30.3 Å². The Bertz CT molecular complexity index is 391. The molecule has 0 aliphatic heterocycles. The first-order valence-electron chi connectivity index (χ1n) is 6.09. The van der Waals surface area contributed by atoms with Gasteiger partial charge in [-0.3, -0.25) is 0 Å². The third kappa shape index (κ3) is 4.72. The van der Waals surface area contributed by atoms with Gasteiger partial charge in [-0.15, -0.1) is 0 Å². The van der Waals surface area contributed by atoms with Crippen molar-refractivity contribution in [2.75, 3.05) is 6.54 Å². The van der Waals surface area contributed by atoms with Crippen LogP contribution in [0.3, 0.4) is 0 Å². The molecule has 1 aliphatic rings. The van der Waals surface area contributed by atoms with E-state index in [2.05, 4.69) is 22.5 Å². The maximum Gasteiger partial charge on any atom is 0.189 e. The minimum atomic E-state index is 0.509. The van der Waals surface area contributed by atoms with Crippen LogP contribution < -0.4 is 11.1 Å². The minimum Gasteiger partial charge on any atom is -0.370 e. The second-order valence-corrected chi connectivity index (χ2v) is 4.33. The maximum atomic E-state index is 5.76. The Balaban J connectivity index is 1.69. The van der Waals surface area contributed by atoms with Gasteiger partial charge < -0.3 is 11.1 Å². The van der Waals surface area contributed by atoms with Crippen molar-refractivity contribution < 1.29 is 0 Å². The predicted octanol–water partition coefficient (Wildman–Crippen LogP) is 2.06. The van der Waals surface area contributed by atoms with E-state index < -0.39 is 0 Å². The Morgan fingerprint density at radius 2 is 2.12 bits per heavy atom. The van der Waals surface area contributed by atoms with Gasteiger partial charge in [0.15, 0.2) is 5.96 Å². The van der Waals surface area contributed by atoms with Gasteiger partial charge in [0, 0.05) is 6.54 Å². The smallest absolute Gasteiger partial charge is 0.189 e. The first-order chi connectivity index (χ1) is 8.34. The van der Waals surface area contributed by atoms with E-state index >= 15 is 0 Å². The second kappa shape index (κ2) is 6.09. The fourth-order valence-electron chi connectivity index (χ4n) is 1.53. The van der Waals surface area contributed by atoms with Gasteiger partial charge in [-0.05, 0) is 24.3 Å². The van der Waals surface area contributed by atoms with Crippen LogP contribution in [0.2, 0.25) is 0 Å². The van der Waals surface area contributed by atoms with Crippen molar-refractivity contribution in [2.24, 2.45) is 16.6 Å². The zero-order valence-electron chi connectivity index (χ0n) is 9.97. The standard InChI is InChI=1S/C14H19N3/c15-14(16-10-4-7-12-8-9-12)17-11-13-5-2-1-3-6-13/h1-7,12H,8-11H2,(H3,15,16,17)/b7-4+. The van der Waals surface area contributed by atoms with Crippen LogP contribution in [0.25, 0.3) is 0 Å². The van der Waals surface area contributed by atoms with Crippen LogP contribution in [0.4, 0.5) is 0 Å². The van der Waals surface area contributed by atoms with Gasteiger partial charge in [-0.1, -0.05) is 42.5 Å². The summed E-state index contributed by atoms with van der Waals surface area (Å²) in [7, 11) is 0. The molecule has 0 aromatic heterocycles. The van der Waals surface area contributed by atoms with Gasteiger partial charge in [-0.2, -0.15) is 0 Å². The monoisotopic (exact) mass is 229 g/mol. The van der Waals surface area contributed by atoms with Crippen LogP contribution in [0, 0.1) is 5.92 Å². The number of rotatable bonds is 5. The van der Waals surface area contributed by atoms with Crippen molar-refractivity contribution in [3.63, 3.8) is 0 Å². The molecule has 0 spiro atoms. The number of allylic oxidation sites excluding steroid dienone is 1. The number of hydrogen-bond acceptors (Lipinski definition) is 1. The summed E-state index contributed by atoms with van der Waals surface area (Å²) in [5.74, 6) is 1.33. The van der Waals surface area contributed by atoms with Crippen molar-refractivity contribution in [3.05, 3.63) is 48.0 Å². The molecule has 17 heavy (non-hydrogen) atoms. The number of nitrogens with two attached hydrogens (primary N) is 1. The summed E-state index contributed by atoms with van der Waals surface area (Å²) >= 11 is 0. The predicted molar refractivity (Wildman–Crippen MR) is 71.6 cm³/mol. The molecule has 2 rings (SSSR count). The van der Waals surface area contributed by atoms with Gasteiger partial charge in [0.25, 0.3) is 0 Å². The van der Waals surface area contributed by atoms with E-state index in [1.165, 1.54) is 18.4 Å². The van der Waals surface area contributed by atoms with Crippen molar-refractivity contribution in [1.82, 2.24) is 5.32 Å². The molecule has 1 aromatic rings. The molecular formula is C14H19N3. The molecule has 3 nitrogen and oxygen atoms in total. The van der Waals surface area contributed by atoms with Crippen LogP contribution in [0.5, 0.6) is 0 Å². The third-order valence-corrected chi connectivity index (χ3v) is 2.71. The summed E-state index contributed by atoms with van der Waals surface area (Å²) in [5.41, 5.74) is 6.93. The van der Waals surface area contributed by atoms with E-state index in [0.29, 0.717) is 12.5 Å². The lowest BCUT2D eigenvalue weighted by molar-refractivity contribution is 0.961. The number of hydrogen-bond donors (Lipinski definition) is 2. The number of nitrogens with one attached hydrogen (secondary N) is 1. The molecule has 1 saturated carbocycles. The lowest BCUT2D eigenvalue weighted by Gasteiger charge is -2.02. The number of guanidine groups is 1. The molecule has 1 aliphatic carbocycles. The Morgan fingerprint density at radius 1 is 1.35 bits per heavy atom. The van der Waals surface area contributed by atoms with Gasteiger partial charge in [0.1, 0.15) is 0 Å².